The number of carbonyl (C=O) groups is 2. The zero-order chi connectivity index (χ0) is 10.9. The van der Waals surface area contributed by atoms with Crippen molar-refractivity contribution in [1.82, 2.24) is 5.06 Å². The van der Waals surface area contributed by atoms with Gasteiger partial charge in [0, 0.05) is 12.8 Å². The zero-order valence-corrected chi connectivity index (χ0v) is 7.35. The molecule has 0 aromatic rings. The molecule has 2 amide bonds. The van der Waals surface area contributed by atoms with Crippen molar-refractivity contribution in [2.45, 2.75) is 18.3 Å². The van der Waals surface area contributed by atoms with Gasteiger partial charge in [0.25, 0.3) is 22.9 Å². The number of halogens is 3. The van der Waals surface area contributed by atoms with E-state index in [4.69, 9.17) is 0 Å². The van der Waals surface area contributed by atoms with E-state index in [0.717, 1.165) is 0 Å². The van der Waals surface area contributed by atoms with Crippen LogP contribution in [0.5, 0.6) is 0 Å². The van der Waals surface area contributed by atoms with Gasteiger partial charge in [0.1, 0.15) is 0 Å². The van der Waals surface area contributed by atoms with Gasteiger partial charge in [-0.15, -0.1) is 5.06 Å². The monoisotopic (exact) mass is 231 g/mol. The van der Waals surface area contributed by atoms with Crippen LogP contribution in [0.4, 0.5) is 13.2 Å². The second kappa shape index (κ2) is 3.65. The number of amides is 2. The summed E-state index contributed by atoms with van der Waals surface area (Å²) < 4.78 is 49.1. The lowest BCUT2D eigenvalue weighted by atomic mass is 10.4. The summed E-state index contributed by atoms with van der Waals surface area (Å²) >= 11 is -3.68. The highest BCUT2D eigenvalue weighted by atomic mass is 32.2. The molecule has 1 atom stereocenters. The lowest BCUT2D eigenvalue weighted by Gasteiger charge is -2.12. The molecule has 1 fully saturated rings. The molecule has 0 N–H and O–H groups in total. The Labute approximate surface area is 78.4 Å². The fourth-order valence-electron chi connectivity index (χ4n) is 0.749. The number of hydroxylamine groups is 2. The molecule has 80 valence electrons. The van der Waals surface area contributed by atoms with Crippen LogP contribution in [0.2, 0.25) is 0 Å². The van der Waals surface area contributed by atoms with Crippen molar-refractivity contribution in [1.29, 1.82) is 0 Å². The van der Waals surface area contributed by atoms with Crippen LogP contribution in [0.3, 0.4) is 0 Å². The molecule has 1 rings (SSSR count). The number of hydrogen-bond donors (Lipinski definition) is 0. The summed E-state index contributed by atoms with van der Waals surface area (Å²) in [5.74, 6) is -1.85. The lowest BCUT2D eigenvalue weighted by Crippen LogP contribution is -2.34. The van der Waals surface area contributed by atoms with Crippen LogP contribution >= 0.6 is 0 Å². The van der Waals surface area contributed by atoms with Gasteiger partial charge < -0.3 is 0 Å². The van der Waals surface area contributed by atoms with Crippen LogP contribution in [0.15, 0.2) is 0 Å². The first-order chi connectivity index (χ1) is 6.32. The first-order valence-electron chi connectivity index (χ1n) is 3.35. The van der Waals surface area contributed by atoms with Gasteiger partial charge in [-0.2, -0.15) is 17.5 Å². The third-order valence-electron chi connectivity index (χ3n) is 1.34. The van der Waals surface area contributed by atoms with Gasteiger partial charge in [0.2, 0.25) is 0 Å². The molecule has 1 saturated heterocycles. The third kappa shape index (κ3) is 2.29. The molecule has 1 unspecified atom stereocenters. The van der Waals surface area contributed by atoms with Crippen molar-refractivity contribution in [3.63, 3.8) is 0 Å². The van der Waals surface area contributed by atoms with Gasteiger partial charge in [-0.05, 0) is 0 Å². The number of nitrogens with zero attached hydrogens (tertiary/aromatic N) is 1. The van der Waals surface area contributed by atoms with Crippen molar-refractivity contribution in [3.8, 4) is 0 Å². The Kier molecular flexibility index (Phi) is 2.90. The fraction of sp³-hybridized carbons (Fsp3) is 0.600. The second-order valence-electron chi connectivity index (χ2n) is 2.34. The Morgan fingerprint density at radius 2 is 1.64 bits per heavy atom. The molecule has 1 aliphatic heterocycles. The van der Waals surface area contributed by atoms with E-state index in [1.54, 1.807) is 0 Å². The first kappa shape index (κ1) is 11.1. The molecule has 0 spiro atoms. The Hall–Kier alpha value is -0.960. The molecule has 9 heteroatoms. The van der Waals surface area contributed by atoms with Gasteiger partial charge >= 0.3 is 5.51 Å². The normalized spacial score (nSPS) is 20.4. The molecule has 1 heterocycles. The van der Waals surface area contributed by atoms with Crippen LogP contribution in [0, 0.1) is 0 Å². The molecule has 0 bridgehead atoms. The maximum atomic E-state index is 11.7. The minimum Gasteiger partial charge on any atom is -0.272 e. The molecule has 0 aliphatic carbocycles. The van der Waals surface area contributed by atoms with Crippen molar-refractivity contribution in [2.75, 3.05) is 0 Å². The summed E-state index contributed by atoms with van der Waals surface area (Å²) in [4.78, 5) is 21.5. The molecule has 0 aromatic carbocycles. The highest BCUT2D eigenvalue weighted by Crippen LogP contribution is 2.23. The summed E-state index contributed by atoms with van der Waals surface area (Å²) in [5.41, 5.74) is -5.11. The quantitative estimate of drug-likeness (QED) is 0.639. The predicted molar refractivity (Wildman–Crippen MR) is 36.4 cm³/mol. The number of imide groups is 1. The number of hydrogen-bond acceptors (Lipinski definition) is 4. The molecule has 5 nitrogen and oxygen atoms in total. The Bertz CT molecular complexity index is 286. The Balaban J connectivity index is 2.65. The van der Waals surface area contributed by atoms with E-state index in [9.17, 15) is 27.0 Å². The fourth-order valence-corrected chi connectivity index (χ4v) is 1.14. The van der Waals surface area contributed by atoms with E-state index >= 15 is 0 Å². The topological polar surface area (TPSA) is 63.7 Å². The molecule has 1 aliphatic rings. The minimum atomic E-state index is -5.11. The molecule has 0 radical (unpaired) electrons. The second-order valence-corrected chi connectivity index (χ2v) is 3.42. The van der Waals surface area contributed by atoms with Crippen LogP contribution in [-0.4, -0.2) is 26.6 Å². The van der Waals surface area contributed by atoms with Crippen molar-refractivity contribution in [3.05, 3.63) is 0 Å². The minimum absolute atomic E-state index is 0.108. The van der Waals surface area contributed by atoms with Gasteiger partial charge in [-0.3, -0.25) is 9.59 Å². The van der Waals surface area contributed by atoms with Crippen molar-refractivity contribution >= 4 is 22.9 Å². The van der Waals surface area contributed by atoms with E-state index in [0.29, 0.717) is 0 Å². The molecule has 0 saturated carbocycles. The van der Waals surface area contributed by atoms with Crippen LogP contribution in [-0.2, 0) is 25.0 Å². The standard InChI is InChI=1S/C5H4F3NO4S/c6-5(7,8)14(12)13-9-3(10)1-2-4(9)11/h1-2H2. The molecular weight excluding hydrogens is 227 g/mol. The third-order valence-corrected chi connectivity index (χ3v) is 2.00. The summed E-state index contributed by atoms with van der Waals surface area (Å²) in [6.07, 6.45) is -0.457. The first-order valence-corrected chi connectivity index (χ1v) is 4.42. The average Bonchev–Trinajstić information content (AvgIpc) is 2.34. The summed E-state index contributed by atoms with van der Waals surface area (Å²) in [5, 5.41) is -0.108. The van der Waals surface area contributed by atoms with E-state index < -0.39 is 28.4 Å². The summed E-state index contributed by atoms with van der Waals surface area (Å²) in [6, 6.07) is 0. The van der Waals surface area contributed by atoms with Crippen LogP contribution < -0.4 is 0 Å². The van der Waals surface area contributed by atoms with E-state index in [1.807, 2.05) is 0 Å². The van der Waals surface area contributed by atoms with E-state index in [2.05, 4.69) is 4.28 Å². The molecule has 14 heavy (non-hydrogen) atoms. The Morgan fingerprint density at radius 1 is 1.21 bits per heavy atom. The smallest absolute Gasteiger partial charge is 0.272 e. The Morgan fingerprint density at radius 3 is 2.00 bits per heavy atom. The number of rotatable bonds is 2. The SMILES string of the molecule is O=C1CCC(=O)N1OS(=O)C(F)(F)F. The summed E-state index contributed by atoms with van der Waals surface area (Å²) in [6.45, 7) is 0. The number of carbonyl (C=O) groups excluding carboxylic acids is 2. The molecular formula is C5H4F3NO4S. The zero-order valence-electron chi connectivity index (χ0n) is 6.54. The lowest BCUT2D eigenvalue weighted by molar-refractivity contribution is -0.165. The largest absolute Gasteiger partial charge is 0.499 e. The van der Waals surface area contributed by atoms with Crippen molar-refractivity contribution < 1.29 is 31.3 Å². The summed E-state index contributed by atoms with van der Waals surface area (Å²) in [7, 11) is 0. The maximum absolute atomic E-state index is 11.7. The van der Waals surface area contributed by atoms with Gasteiger partial charge in [-0.25, -0.2) is 4.21 Å². The van der Waals surface area contributed by atoms with Gasteiger partial charge in [0.15, 0.2) is 0 Å². The highest BCUT2D eigenvalue weighted by molar-refractivity contribution is 7.81. The van der Waals surface area contributed by atoms with Crippen LogP contribution in [0.1, 0.15) is 12.8 Å². The predicted octanol–water partition coefficient (Wildman–Crippen LogP) is 0.250. The van der Waals surface area contributed by atoms with E-state index in [1.165, 1.54) is 0 Å². The van der Waals surface area contributed by atoms with Gasteiger partial charge in [-0.1, -0.05) is 0 Å². The van der Waals surface area contributed by atoms with E-state index in [-0.39, 0.29) is 17.9 Å². The maximum Gasteiger partial charge on any atom is 0.499 e. The highest BCUT2D eigenvalue weighted by Gasteiger charge is 2.43. The van der Waals surface area contributed by atoms with Crippen LogP contribution in [0.25, 0.3) is 0 Å². The average molecular weight is 231 g/mol. The van der Waals surface area contributed by atoms with Crippen molar-refractivity contribution in [2.24, 2.45) is 0 Å². The number of alkyl halides is 3. The molecule has 0 aromatic heterocycles. The van der Waals surface area contributed by atoms with Gasteiger partial charge in [0.05, 0.1) is 0 Å².